The molecule has 0 saturated carbocycles. The van der Waals surface area contributed by atoms with Crippen LogP contribution in [0.4, 0.5) is 5.82 Å². The molecule has 7 heteroatoms. The van der Waals surface area contributed by atoms with Crippen molar-refractivity contribution < 1.29 is 4.79 Å². The number of carbonyl (C=O) groups excluding carboxylic acids is 1. The molecule has 33 heavy (non-hydrogen) atoms. The molecule has 1 N–H and O–H groups in total. The third-order valence-electron chi connectivity index (χ3n) is 5.31. The molecule has 0 bridgehead atoms. The van der Waals surface area contributed by atoms with E-state index in [0.29, 0.717) is 34.9 Å². The summed E-state index contributed by atoms with van der Waals surface area (Å²) < 4.78 is 3.17. The second-order valence-electron chi connectivity index (χ2n) is 7.76. The number of para-hydroxylation sites is 1. The van der Waals surface area contributed by atoms with Crippen LogP contribution in [0.15, 0.2) is 96.1 Å². The fourth-order valence-electron chi connectivity index (χ4n) is 3.75. The maximum Gasteiger partial charge on any atom is 0.282 e. The number of nitrogens with one attached hydrogen (secondary N) is 1. The smallest absolute Gasteiger partial charge is 0.282 e. The van der Waals surface area contributed by atoms with Gasteiger partial charge >= 0.3 is 0 Å². The molecule has 2 aliphatic heterocycles. The lowest BCUT2D eigenvalue weighted by molar-refractivity contribution is 0.102. The van der Waals surface area contributed by atoms with E-state index in [4.69, 9.17) is 0 Å². The predicted molar refractivity (Wildman–Crippen MR) is 127 cm³/mol. The van der Waals surface area contributed by atoms with Crippen LogP contribution in [-0.2, 0) is 6.54 Å². The molecule has 0 fully saturated rings. The molecule has 5 rings (SSSR count). The molecule has 1 amide bonds. The number of pyridine rings is 2. The van der Waals surface area contributed by atoms with Crippen molar-refractivity contribution in [3.05, 3.63) is 118 Å². The monoisotopic (exact) mass is 435 g/mol. The summed E-state index contributed by atoms with van der Waals surface area (Å²) in [6, 6.07) is 24.4. The van der Waals surface area contributed by atoms with Crippen molar-refractivity contribution in [2.75, 3.05) is 5.32 Å². The number of hydrogen-bond donors (Lipinski definition) is 1. The minimum atomic E-state index is -0.377. The lowest BCUT2D eigenvalue weighted by Crippen LogP contribution is -2.18. The number of hydrogen-bond acceptors (Lipinski definition) is 4. The molecule has 2 aromatic carbocycles. The van der Waals surface area contributed by atoms with Crippen molar-refractivity contribution >= 4 is 11.7 Å². The maximum absolute atomic E-state index is 13.3. The topological polar surface area (TPSA) is 81.8 Å². The number of nitrogens with zero attached hydrogens (tertiary/aromatic N) is 4. The molecule has 7 nitrogen and oxygen atoms in total. The average molecular weight is 435 g/mol. The van der Waals surface area contributed by atoms with Crippen LogP contribution in [0.3, 0.4) is 0 Å². The van der Waals surface area contributed by atoms with Crippen LogP contribution < -0.4 is 10.9 Å². The largest absolute Gasteiger partial charge is 0.348 e. The predicted octanol–water partition coefficient (Wildman–Crippen LogP) is 4.14. The number of benzene rings is 2. The Kier molecular flexibility index (Phi) is 5.28. The molecule has 3 heterocycles. The molecular weight excluding hydrogens is 414 g/mol. The van der Waals surface area contributed by atoms with Gasteiger partial charge in [0.1, 0.15) is 11.5 Å². The van der Waals surface area contributed by atoms with Gasteiger partial charge in [0, 0.05) is 24.6 Å². The Morgan fingerprint density at radius 2 is 1.64 bits per heavy atom. The Morgan fingerprint density at radius 3 is 2.36 bits per heavy atom. The molecule has 0 aliphatic carbocycles. The Balaban J connectivity index is 1.63. The Hall–Kier alpha value is -4.52. The van der Waals surface area contributed by atoms with Crippen LogP contribution >= 0.6 is 0 Å². The van der Waals surface area contributed by atoms with Gasteiger partial charge in [-0.2, -0.15) is 9.78 Å². The zero-order valence-electron chi connectivity index (χ0n) is 18.0. The number of aromatic nitrogens is 4. The average Bonchev–Trinajstić information content (AvgIpc) is 3.16. The summed E-state index contributed by atoms with van der Waals surface area (Å²) in [7, 11) is 0. The summed E-state index contributed by atoms with van der Waals surface area (Å²) in [5, 5.41) is 7.36. The zero-order valence-corrected chi connectivity index (χ0v) is 18.0. The third kappa shape index (κ3) is 4.16. The van der Waals surface area contributed by atoms with Crippen LogP contribution in [0.25, 0.3) is 16.9 Å². The van der Waals surface area contributed by atoms with Gasteiger partial charge < -0.3 is 9.88 Å². The van der Waals surface area contributed by atoms with Gasteiger partial charge in [-0.15, -0.1) is 0 Å². The fourth-order valence-corrected chi connectivity index (χ4v) is 3.75. The van der Waals surface area contributed by atoms with E-state index in [9.17, 15) is 9.59 Å². The first-order chi connectivity index (χ1) is 16.1. The van der Waals surface area contributed by atoms with Gasteiger partial charge in [-0.05, 0) is 36.8 Å². The maximum atomic E-state index is 13.3. The lowest BCUT2D eigenvalue weighted by Gasteiger charge is -2.13. The summed E-state index contributed by atoms with van der Waals surface area (Å²) in [6.45, 7) is 2.37. The number of anilines is 1. The van der Waals surface area contributed by atoms with Gasteiger partial charge in [-0.25, -0.2) is 4.98 Å². The van der Waals surface area contributed by atoms with Crippen molar-refractivity contribution in [2.45, 2.75) is 13.5 Å². The zero-order chi connectivity index (χ0) is 22.8. The van der Waals surface area contributed by atoms with Crippen molar-refractivity contribution in [1.29, 1.82) is 0 Å². The molecule has 0 spiro atoms. The highest BCUT2D eigenvalue weighted by Gasteiger charge is 2.24. The summed E-state index contributed by atoms with van der Waals surface area (Å²) >= 11 is 0. The molecule has 3 aromatic rings. The van der Waals surface area contributed by atoms with E-state index in [1.807, 2.05) is 84.3 Å². The second kappa shape index (κ2) is 8.55. The van der Waals surface area contributed by atoms with Crippen molar-refractivity contribution in [3.63, 3.8) is 0 Å². The van der Waals surface area contributed by atoms with E-state index < -0.39 is 0 Å². The van der Waals surface area contributed by atoms with Crippen molar-refractivity contribution in [3.8, 4) is 16.9 Å². The number of rotatable bonds is 5. The molecule has 2 aliphatic rings. The molecule has 0 saturated heterocycles. The SMILES string of the molecule is Cc1cccc(NC(=O)c2cn(Cc3ccccc3)cc3c(=O)n(-c4ccccc4)nc2-3)n1. The van der Waals surface area contributed by atoms with Gasteiger partial charge in [0.05, 0.1) is 16.8 Å². The van der Waals surface area contributed by atoms with E-state index in [-0.39, 0.29) is 11.5 Å². The molecule has 0 atom stereocenters. The van der Waals surface area contributed by atoms with Crippen LogP contribution in [0.1, 0.15) is 21.6 Å². The molecular formula is C26H21N5O2. The van der Waals surface area contributed by atoms with Crippen molar-refractivity contribution in [1.82, 2.24) is 19.3 Å². The highest BCUT2D eigenvalue weighted by Crippen LogP contribution is 2.24. The number of carbonyl (C=O) groups is 1. The Bertz CT molecular complexity index is 1460. The highest BCUT2D eigenvalue weighted by atomic mass is 16.2. The van der Waals surface area contributed by atoms with E-state index in [1.54, 1.807) is 18.5 Å². The third-order valence-corrected chi connectivity index (χ3v) is 5.31. The molecule has 1 aromatic heterocycles. The number of aryl methyl sites for hydroxylation is 1. The first-order valence-electron chi connectivity index (χ1n) is 10.6. The molecule has 162 valence electrons. The van der Waals surface area contributed by atoms with Crippen LogP contribution in [0.2, 0.25) is 0 Å². The van der Waals surface area contributed by atoms with Gasteiger partial charge in [-0.3, -0.25) is 9.59 Å². The van der Waals surface area contributed by atoms with Gasteiger partial charge in [0.25, 0.3) is 11.5 Å². The van der Waals surface area contributed by atoms with E-state index in [0.717, 1.165) is 11.3 Å². The molecule has 0 unspecified atom stereocenters. The Morgan fingerprint density at radius 1 is 0.909 bits per heavy atom. The van der Waals surface area contributed by atoms with Crippen LogP contribution in [0, 0.1) is 6.92 Å². The van der Waals surface area contributed by atoms with Crippen molar-refractivity contribution in [2.24, 2.45) is 0 Å². The first kappa shape index (κ1) is 20.4. The van der Waals surface area contributed by atoms with Crippen LogP contribution in [0.5, 0.6) is 0 Å². The standard InChI is InChI=1S/C26H21N5O2/c1-18-9-8-14-23(27-18)28-25(32)21-16-30(15-19-10-4-2-5-11-19)17-22-24(21)29-31(26(22)33)20-12-6-3-7-13-20/h2-14,16-17H,15H2,1H3,(H,27,28,32). The first-order valence-corrected chi connectivity index (χ1v) is 10.6. The number of amides is 1. The van der Waals surface area contributed by atoms with E-state index in [2.05, 4.69) is 15.4 Å². The normalized spacial score (nSPS) is 10.9. The fraction of sp³-hybridized carbons (Fsp3) is 0.0769. The van der Waals surface area contributed by atoms with Crippen LogP contribution in [-0.4, -0.2) is 25.2 Å². The minimum absolute atomic E-state index is 0.277. The van der Waals surface area contributed by atoms with Gasteiger partial charge in [0.15, 0.2) is 0 Å². The molecule has 0 radical (unpaired) electrons. The van der Waals surface area contributed by atoms with E-state index >= 15 is 0 Å². The number of fused-ring (bicyclic) bond motifs is 1. The Labute approximate surface area is 190 Å². The summed E-state index contributed by atoms with van der Waals surface area (Å²) in [5.74, 6) is 0.0645. The summed E-state index contributed by atoms with van der Waals surface area (Å²) in [6.07, 6.45) is 3.47. The highest BCUT2D eigenvalue weighted by molar-refractivity contribution is 6.07. The van der Waals surface area contributed by atoms with Gasteiger partial charge in [-0.1, -0.05) is 54.6 Å². The van der Waals surface area contributed by atoms with Gasteiger partial charge in [0.2, 0.25) is 0 Å². The lowest BCUT2D eigenvalue weighted by atomic mass is 10.1. The second-order valence-corrected chi connectivity index (χ2v) is 7.76. The van der Waals surface area contributed by atoms with E-state index in [1.165, 1.54) is 4.68 Å². The summed E-state index contributed by atoms with van der Waals surface area (Å²) in [5.41, 5.74) is 3.23. The summed E-state index contributed by atoms with van der Waals surface area (Å²) in [4.78, 5) is 30.9. The quantitative estimate of drug-likeness (QED) is 0.450. The minimum Gasteiger partial charge on any atom is -0.348 e.